The van der Waals surface area contributed by atoms with Gasteiger partial charge in [-0.3, -0.25) is 0 Å². The second-order valence-electron chi connectivity index (χ2n) is 6.07. The summed E-state index contributed by atoms with van der Waals surface area (Å²) in [6.07, 6.45) is 2.85. The van der Waals surface area contributed by atoms with E-state index in [9.17, 15) is 15.3 Å². The number of aliphatic hydroxyl groups is 2. The van der Waals surface area contributed by atoms with Gasteiger partial charge in [-0.25, -0.2) is 4.98 Å². The molecule has 0 aliphatic carbocycles. The number of hydrogen-bond acceptors (Lipinski definition) is 5. The molecule has 5 nitrogen and oxygen atoms in total. The van der Waals surface area contributed by atoms with Gasteiger partial charge in [-0.2, -0.15) is 0 Å². The molecule has 3 rings (SSSR count). The summed E-state index contributed by atoms with van der Waals surface area (Å²) in [4.78, 5) is 4.32. The number of ether oxygens (including phenoxy) is 1. The summed E-state index contributed by atoms with van der Waals surface area (Å²) in [5.74, 6) is 0.238. The van der Waals surface area contributed by atoms with Crippen molar-refractivity contribution in [3.63, 3.8) is 0 Å². The maximum absolute atomic E-state index is 10.9. The predicted molar refractivity (Wildman–Crippen MR) is 91.0 cm³/mol. The van der Waals surface area contributed by atoms with Crippen molar-refractivity contribution in [2.45, 2.75) is 25.4 Å². The minimum atomic E-state index is -1.13. The van der Waals surface area contributed by atoms with Crippen LogP contribution in [0.5, 0.6) is 11.6 Å². The lowest BCUT2D eigenvalue weighted by atomic mass is 9.75. The van der Waals surface area contributed by atoms with E-state index in [0.717, 1.165) is 11.1 Å². The summed E-state index contributed by atoms with van der Waals surface area (Å²) in [5, 5.41) is 31.0. The number of fused-ring (bicyclic) bond motifs is 1. The van der Waals surface area contributed by atoms with Crippen LogP contribution in [0.2, 0.25) is 0 Å². The van der Waals surface area contributed by atoms with Crippen molar-refractivity contribution in [3.05, 3.63) is 53.7 Å². The molecule has 0 spiro atoms. The molecule has 1 unspecified atom stereocenters. The SMILES string of the molecule is C/C=C(/C)C1Oc2ncc(-c3ccccc3)c(O)c2C1(CO)CO. The van der Waals surface area contributed by atoms with E-state index in [1.807, 2.05) is 50.3 Å². The molecule has 24 heavy (non-hydrogen) atoms. The second-order valence-corrected chi connectivity index (χ2v) is 6.07. The van der Waals surface area contributed by atoms with Gasteiger partial charge in [0.05, 0.1) is 24.2 Å². The number of hydrogen-bond donors (Lipinski definition) is 3. The summed E-state index contributed by atoms with van der Waals surface area (Å²) in [6, 6.07) is 9.37. The van der Waals surface area contributed by atoms with Crippen LogP contribution in [0.3, 0.4) is 0 Å². The molecule has 0 bridgehead atoms. The van der Waals surface area contributed by atoms with Gasteiger partial charge >= 0.3 is 0 Å². The minimum absolute atomic E-state index is 0.0132. The molecule has 1 aromatic heterocycles. The molecular formula is C19H21NO4. The number of nitrogens with zero attached hydrogens (tertiary/aromatic N) is 1. The van der Waals surface area contributed by atoms with Crippen molar-refractivity contribution in [2.75, 3.05) is 13.2 Å². The van der Waals surface area contributed by atoms with Gasteiger partial charge in [-0.15, -0.1) is 0 Å². The molecule has 1 aliphatic rings. The van der Waals surface area contributed by atoms with Gasteiger partial charge in [0.15, 0.2) is 0 Å². The van der Waals surface area contributed by atoms with E-state index >= 15 is 0 Å². The van der Waals surface area contributed by atoms with E-state index in [1.54, 1.807) is 6.20 Å². The summed E-state index contributed by atoms with van der Waals surface area (Å²) < 4.78 is 5.87. The average molecular weight is 327 g/mol. The summed E-state index contributed by atoms with van der Waals surface area (Å²) in [5.41, 5.74) is 1.44. The Hall–Kier alpha value is -2.37. The number of rotatable bonds is 4. The van der Waals surface area contributed by atoms with Gasteiger partial charge in [0.2, 0.25) is 5.88 Å². The number of aromatic hydroxyl groups is 1. The lowest BCUT2D eigenvalue weighted by molar-refractivity contribution is 0.0580. The largest absolute Gasteiger partial charge is 0.507 e. The number of allylic oxidation sites excluding steroid dienone is 1. The minimum Gasteiger partial charge on any atom is -0.507 e. The van der Waals surface area contributed by atoms with Crippen LogP contribution in [0, 0.1) is 0 Å². The van der Waals surface area contributed by atoms with Gasteiger partial charge in [-0.05, 0) is 25.0 Å². The highest BCUT2D eigenvalue weighted by Gasteiger charge is 2.52. The van der Waals surface area contributed by atoms with Crippen molar-refractivity contribution in [2.24, 2.45) is 0 Å². The molecule has 0 radical (unpaired) electrons. The third kappa shape index (κ3) is 2.28. The Bertz CT molecular complexity index is 766. The number of aromatic nitrogens is 1. The fourth-order valence-corrected chi connectivity index (χ4v) is 3.26. The standard InChI is InChI=1S/C19H21NO4/c1-3-12(2)17-19(10-21,11-22)15-16(23)14(9-20-18(15)24-17)13-7-5-4-6-8-13/h3-9,17,21-22H,10-11H2,1-2H3,(H,20,23)/b12-3-. The van der Waals surface area contributed by atoms with E-state index in [0.29, 0.717) is 11.1 Å². The summed E-state index contributed by atoms with van der Waals surface area (Å²) >= 11 is 0. The van der Waals surface area contributed by atoms with Crippen molar-refractivity contribution in [1.29, 1.82) is 0 Å². The van der Waals surface area contributed by atoms with Crippen LogP contribution in [0.15, 0.2) is 48.2 Å². The van der Waals surface area contributed by atoms with Gasteiger partial charge in [0, 0.05) is 11.8 Å². The first-order valence-electron chi connectivity index (χ1n) is 7.88. The molecule has 126 valence electrons. The van der Waals surface area contributed by atoms with Crippen LogP contribution in [-0.4, -0.2) is 39.6 Å². The number of benzene rings is 1. The second kappa shape index (κ2) is 6.26. The van der Waals surface area contributed by atoms with Gasteiger partial charge in [-0.1, -0.05) is 36.4 Å². The molecule has 2 aromatic rings. The fourth-order valence-electron chi connectivity index (χ4n) is 3.26. The molecule has 0 saturated carbocycles. The zero-order valence-electron chi connectivity index (χ0n) is 13.7. The summed E-state index contributed by atoms with van der Waals surface area (Å²) in [6.45, 7) is 3.01. The van der Waals surface area contributed by atoms with E-state index in [-0.39, 0.29) is 24.8 Å². The van der Waals surface area contributed by atoms with Crippen LogP contribution in [0.4, 0.5) is 0 Å². The molecule has 3 N–H and O–H groups in total. The maximum atomic E-state index is 10.9. The highest BCUT2D eigenvalue weighted by molar-refractivity contribution is 5.74. The van der Waals surface area contributed by atoms with E-state index in [1.165, 1.54) is 0 Å². The first-order chi connectivity index (χ1) is 11.6. The van der Waals surface area contributed by atoms with Crippen molar-refractivity contribution in [1.82, 2.24) is 4.98 Å². The molecule has 1 aliphatic heterocycles. The third-order valence-electron chi connectivity index (χ3n) is 4.76. The molecule has 1 aromatic carbocycles. The van der Waals surface area contributed by atoms with Crippen molar-refractivity contribution in [3.8, 4) is 22.8 Å². The molecule has 0 fully saturated rings. The van der Waals surface area contributed by atoms with E-state index in [4.69, 9.17) is 4.74 Å². The zero-order chi connectivity index (χ0) is 17.3. The Morgan fingerprint density at radius 3 is 2.50 bits per heavy atom. The van der Waals surface area contributed by atoms with Crippen LogP contribution in [-0.2, 0) is 5.41 Å². The molecule has 0 saturated heterocycles. The fraction of sp³-hybridized carbons (Fsp3) is 0.316. The van der Waals surface area contributed by atoms with Gasteiger partial charge < -0.3 is 20.1 Å². The van der Waals surface area contributed by atoms with Crippen LogP contribution >= 0.6 is 0 Å². The lowest BCUT2D eigenvalue weighted by Gasteiger charge is -2.31. The first-order valence-corrected chi connectivity index (χ1v) is 7.88. The van der Waals surface area contributed by atoms with E-state index in [2.05, 4.69) is 4.98 Å². The quantitative estimate of drug-likeness (QED) is 0.751. The highest BCUT2D eigenvalue weighted by atomic mass is 16.5. The van der Waals surface area contributed by atoms with Gasteiger partial charge in [0.1, 0.15) is 11.9 Å². The maximum Gasteiger partial charge on any atom is 0.221 e. The first kappa shape index (κ1) is 16.5. The average Bonchev–Trinajstić information content (AvgIpc) is 2.97. The Kier molecular flexibility index (Phi) is 4.30. The monoisotopic (exact) mass is 327 g/mol. The zero-order valence-corrected chi connectivity index (χ0v) is 13.7. The molecule has 0 amide bonds. The Morgan fingerprint density at radius 2 is 1.92 bits per heavy atom. The van der Waals surface area contributed by atoms with Crippen LogP contribution in [0.1, 0.15) is 19.4 Å². The van der Waals surface area contributed by atoms with Crippen molar-refractivity contribution < 1.29 is 20.1 Å². The predicted octanol–water partition coefficient (Wildman–Crippen LogP) is 2.40. The van der Waals surface area contributed by atoms with Crippen LogP contribution < -0.4 is 4.74 Å². The number of aliphatic hydroxyl groups excluding tert-OH is 2. The number of pyridine rings is 1. The van der Waals surface area contributed by atoms with E-state index < -0.39 is 11.5 Å². The molecule has 2 heterocycles. The molecule has 5 heteroatoms. The molecule has 1 atom stereocenters. The Labute approximate surface area is 140 Å². The van der Waals surface area contributed by atoms with Crippen LogP contribution in [0.25, 0.3) is 11.1 Å². The summed E-state index contributed by atoms with van der Waals surface area (Å²) in [7, 11) is 0. The molecular weight excluding hydrogens is 306 g/mol. The normalized spacial score (nSPS) is 19.0. The highest BCUT2D eigenvalue weighted by Crippen LogP contribution is 2.50. The third-order valence-corrected chi connectivity index (χ3v) is 4.76. The Morgan fingerprint density at radius 1 is 1.25 bits per heavy atom. The van der Waals surface area contributed by atoms with Crippen molar-refractivity contribution >= 4 is 0 Å². The van der Waals surface area contributed by atoms with Gasteiger partial charge in [0.25, 0.3) is 0 Å². The lowest BCUT2D eigenvalue weighted by Crippen LogP contribution is -2.45. The Balaban J connectivity index is 2.22. The smallest absolute Gasteiger partial charge is 0.221 e. The topological polar surface area (TPSA) is 82.8 Å².